The van der Waals surface area contributed by atoms with Crippen molar-refractivity contribution in [3.05, 3.63) is 59.4 Å². The van der Waals surface area contributed by atoms with Crippen LogP contribution in [0.15, 0.2) is 58.8 Å². The number of carboxylic acid groups (broad SMARTS) is 1. The zero-order chi connectivity index (χ0) is 18.7. The molecule has 5 heteroatoms. The third-order valence-electron chi connectivity index (χ3n) is 4.62. The molecule has 3 rings (SSSR count). The van der Waals surface area contributed by atoms with Gasteiger partial charge in [0.05, 0.1) is 11.3 Å². The molecular formula is C21H21NO4. The van der Waals surface area contributed by atoms with Gasteiger partial charge in [0.25, 0.3) is 0 Å². The van der Waals surface area contributed by atoms with Crippen LogP contribution >= 0.6 is 0 Å². The van der Waals surface area contributed by atoms with E-state index in [1.165, 1.54) is 6.92 Å². The molecule has 0 aromatic heterocycles. The number of carboxylic acids is 1. The summed E-state index contributed by atoms with van der Waals surface area (Å²) in [6, 6.07) is 12.7. The number of hydrogen-bond donors (Lipinski definition) is 2. The quantitative estimate of drug-likeness (QED) is 0.801. The number of carbonyl (C=O) groups excluding carboxylic acids is 1. The van der Waals surface area contributed by atoms with E-state index in [9.17, 15) is 19.8 Å². The molecule has 1 aliphatic rings. The molecule has 134 valence electrons. The fourth-order valence-electron chi connectivity index (χ4n) is 3.27. The molecule has 1 unspecified atom stereocenters. The molecule has 0 fully saturated rings. The normalized spacial score (nSPS) is 16.8. The molecule has 1 aliphatic carbocycles. The first kappa shape index (κ1) is 17.9. The molecule has 0 amide bonds. The van der Waals surface area contributed by atoms with E-state index in [4.69, 9.17) is 0 Å². The molecule has 0 bridgehead atoms. The number of benzene rings is 2. The average molecular weight is 351 g/mol. The Bertz CT molecular complexity index is 921. The second kappa shape index (κ2) is 7.52. The van der Waals surface area contributed by atoms with Gasteiger partial charge in [-0.3, -0.25) is 9.79 Å². The van der Waals surface area contributed by atoms with E-state index in [-0.39, 0.29) is 17.1 Å². The highest BCUT2D eigenvalue weighted by Gasteiger charge is 2.26. The van der Waals surface area contributed by atoms with Gasteiger partial charge in [0.2, 0.25) is 0 Å². The number of aliphatic hydroxyl groups is 1. The van der Waals surface area contributed by atoms with E-state index in [2.05, 4.69) is 4.99 Å². The molecule has 0 heterocycles. The third-order valence-corrected chi connectivity index (χ3v) is 4.62. The fourth-order valence-corrected chi connectivity index (χ4v) is 3.27. The van der Waals surface area contributed by atoms with Crippen LogP contribution in [0.4, 0.5) is 0 Å². The number of aliphatic carboxylic acids is 1. The number of rotatable bonds is 5. The maximum Gasteiger partial charge on any atom is 0.328 e. The highest BCUT2D eigenvalue weighted by molar-refractivity contribution is 6.24. The first-order chi connectivity index (χ1) is 12.5. The van der Waals surface area contributed by atoms with E-state index in [1.807, 2.05) is 42.5 Å². The molecular weight excluding hydrogens is 330 g/mol. The SMILES string of the molecule is CC(N=C(Cc1cccc2ccccc12)C1=C(O)CCCC1=O)C(=O)O. The van der Waals surface area contributed by atoms with Gasteiger partial charge in [-0.15, -0.1) is 0 Å². The van der Waals surface area contributed by atoms with Gasteiger partial charge in [-0.1, -0.05) is 42.5 Å². The molecule has 0 radical (unpaired) electrons. The van der Waals surface area contributed by atoms with Gasteiger partial charge >= 0.3 is 5.97 Å². The van der Waals surface area contributed by atoms with Crippen LogP contribution in [0.1, 0.15) is 31.7 Å². The summed E-state index contributed by atoms with van der Waals surface area (Å²) in [5.74, 6) is -1.23. The van der Waals surface area contributed by atoms with Gasteiger partial charge < -0.3 is 10.2 Å². The number of aliphatic hydroxyl groups excluding tert-OH is 1. The van der Waals surface area contributed by atoms with Crippen LogP contribution in [0, 0.1) is 0 Å². The van der Waals surface area contributed by atoms with Crippen LogP contribution in [0.3, 0.4) is 0 Å². The number of Topliss-reactive ketones (excluding diaryl/α,β-unsaturated/α-hetero) is 1. The molecule has 5 nitrogen and oxygen atoms in total. The Labute approximate surface area is 151 Å². The number of carbonyl (C=O) groups is 2. The number of allylic oxidation sites excluding steroid dienone is 2. The summed E-state index contributed by atoms with van der Waals surface area (Å²) in [5.41, 5.74) is 1.48. The first-order valence-electron chi connectivity index (χ1n) is 8.69. The molecule has 26 heavy (non-hydrogen) atoms. The molecule has 2 N–H and O–H groups in total. The molecule has 2 aromatic rings. The predicted octanol–water partition coefficient (Wildman–Crippen LogP) is 3.86. The van der Waals surface area contributed by atoms with Crippen molar-refractivity contribution < 1.29 is 19.8 Å². The summed E-state index contributed by atoms with van der Waals surface area (Å²) in [6.45, 7) is 1.47. The summed E-state index contributed by atoms with van der Waals surface area (Å²) in [7, 11) is 0. The minimum atomic E-state index is -1.07. The maximum atomic E-state index is 12.4. The minimum absolute atomic E-state index is 0.0119. The number of fused-ring (bicyclic) bond motifs is 1. The Kier molecular flexibility index (Phi) is 5.16. The van der Waals surface area contributed by atoms with E-state index in [0.717, 1.165) is 16.3 Å². The molecule has 2 aromatic carbocycles. The molecule has 0 aliphatic heterocycles. The Morgan fingerprint density at radius 1 is 1.15 bits per heavy atom. The van der Waals surface area contributed by atoms with Crippen molar-refractivity contribution in [3.63, 3.8) is 0 Å². The number of aliphatic imine (C=N–C) groups is 1. The lowest BCUT2D eigenvalue weighted by Gasteiger charge is -2.18. The summed E-state index contributed by atoms with van der Waals surface area (Å²) in [6.07, 6.45) is 1.65. The second-order valence-corrected chi connectivity index (χ2v) is 6.50. The molecule has 0 saturated heterocycles. The van der Waals surface area contributed by atoms with Crippen LogP contribution in [-0.4, -0.2) is 33.7 Å². The highest BCUT2D eigenvalue weighted by Crippen LogP contribution is 2.26. The van der Waals surface area contributed by atoms with Gasteiger partial charge in [-0.25, -0.2) is 4.79 Å². The van der Waals surface area contributed by atoms with Crippen molar-refractivity contribution in [2.24, 2.45) is 4.99 Å². The fraction of sp³-hybridized carbons (Fsp3) is 0.286. The smallest absolute Gasteiger partial charge is 0.328 e. The highest BCUT2D eigenvalue weighted by atomic mass is 16.4. The third kappa shape index (κ3) is 3.67. The van der Waals surface area contributed by atoms with E-state index < -0.39 is 12.0 Å². The first-order valence-corrected chi connectivity index (χ1v) is 8.69. The second-order valence-electron chi connectivity index (χ2n) is 6.50. The largest absolute Gasteiger partial charge is 0.511 e. The van der Waals surface area contributed by atoms with Crippen LogP contribution in [-0.2, 0) is 16.0 Å². The van der Waals surface area contributed by atoms with Crippen LogP contribution in [0.25, 0.3) is 10.8 Å². The van der Waals surface area contributed by atoms with E-state index >= 15 is 0 Å². The Balaban J connectivity index is 2.09. The van der Waals surface area contributed by atoms with Crippen molar-refractivity contribution >= 4 is 28.2 Å². The zero-order valence-corrected chi connectivity index (χ0v) is 14.6. The van der Waals surface area contributed by atoms with Gasteiger partial charge in [0, 0.05) is 19.3 Å². The van der Waals surface area contributed by atoms with E-state index in [0.29, 0.717) is 31.4 Å². The number of hydrogen-bond acceptors (Lipinski definition) is 4. The number of ketones is 1. The van der Waals surface area contributed by atoms with Crippen LogP contribution in [0.2, 0.25) is 0 Å². The van der Waals surface area contributed by atoms with Crippen LogP contribution in [0.5, 0.6) is 0 Å². The van der Waals surface area contributed by atoms with Crippen molar-refractivity contribution in [3.8, 4) is 0 Å². The van der Waals surface area contributed by atoms with Crippen molar-refractivity contribution in [1.82, 2.24) is 0 Å². The lowest BCUT2D eigenvalue weighted by atomic mass is 9.89. The molecule has 0 spiro atoms. The topological polar surface area (TPSA) is 87.0 Å². The lowest BCUT2D eigenvalue weighted by Crippen LogP contribution is -2.24. The predicted molar refractivity (Wildman–Crippen MR) is 101 cm³/mol. The lowest BCUT2D eigenvalue weighted by molar-refractivity contribution is -0.138. The molecule has 0 saturated carbocycles. The van der Waals surface area contributed by atoms with Crippen molar-refractivity contribution in [1.29, 1.82) is 0 Å². The average Bonchev–Trinajstić information content (AvgIpc) is 2.61. The summed E-state index contributed by atoms with van der Waals surface area (Å²) < 4.78 is 0. The number of nitrogens with zero attached hydrogens (tertiary/aromatic N) is 1. The summed E-state index contributed by atoms with van der Waals surface area (Å²) >= 11 is 0. The van der Waals surface area contributed by atoms with Gasteiger partial charge in [0.15, 0.2) is 5.78 Å². The van der Waals surface area contributed by atoms with Crippen molar-refractivity contribution in [2.75, 3.05) is 0 Å². The zero-order valence-electron chi connectivity index (χ0n) is 14.6. The van der Waals surface area contributed by atoms with Crippen LogP contribution < -0.4 is 0 Å². The molecule has 1 atom stereocenters. The summed E-state index contributed by atoms with van der Waals surface area (Å²) in [5, 5.41) is 21.6. The maximum absolute atomic E-state index is 12.4. The Morgan fingerprint density at radius 2 is 1.88 bits per heavy atom. The van der Waals surface area contributed by atoms with Gasteiger partial charge in [-0.05, 0) is 29.7 Å². The van der Waals surface area contributed by atoms with E-state index in [1.54, 1.807) is 0 Å². The standard InChI is InChI=1S/C21H21NO4/c1-13(21(25)26)22-17(20-18(23)10-5-11-19(20)24)12-15-8-4-7-14-6-2-3-9-16(14)15/h2-4,6-9,13,23H,5,10-12H2,1H3,(H,25,26). The Hall–Kier alpha value is -2.95. The Morgan fingerprint density at radius 3 is 2.62 bits per heavy atom. The van der Waals surface area contributed by atoms with Crippen molar-refractivity contribution in [2.45, 2.75) is 38.6 Å². The monoisotopic (exact) mass is 351 g/mol. The minimum Gasteiger partial charge on any atom is -0.511 e. The van der Waals surface area contributed by atoms with Gasteiger partial charge in [0.1, 0.15) is 11.8 Å². The summed E-state index contributed by atoms with van der Waals surface area (Å²) in [4.78, 5) is 28.0. The van der Waals surface area contributed by atoms with Gasteiger partial charge in [-0.2, -0.15) is 0 Å².